The van der Waals surface area contributed by atoms with Crippen LogP contribution in [0.5, 0.6) is 0 Å². The third-order valence-corrected chi connectivity index (χ3v) is 2.03. The van der Waals surface area contributed by atoms with Crippen molar-refractivity contribution in [1.82, 2.24) is 10.2 Å². The molecular formula is C11H20N2O3. The van der Waals surface area contributed by atoms with Gasteiger partial charge in [0.05, 0.1) is 6.54 Å². The lowest BCUT2D eigenvalue weighted by molar-refractivity contribution is -0.131. The molecule has 0 bridgehead atoms. The summed E-state index contributed by atoms with van der Waals surface area (Å²) >= 11 is 0. The van der Waals surface area contributed by atoms with Crippen LogP contribution in [-0.4, -0.2) is 48.1 Å². The molecular weight excluding hydrogens is 208 g/mol. The number of carbonyl (C=O) groups is 2. The van der Waals surface area contributed by atoms with Crippen molar-refractivity contribution in [3.63, 3.8) is 0 Å². The molecule has 5 nitrogen and oxygen atoms in total. The summed E-state index contributed by atoms with van der Waals surface area (Å²) in [6, 6.07) is 0. The molecule has 0 aliphatic carbocycles. The molecule has 0 heterocycles. The van der Waals surface area contributed by atoms with Crippen LogP contribution in [0.2, 0.25) is 0 Å². The largest absolute Gasteiger partial charge is 0.478 e. The molecule has 0 spiro atoms. The van der Waals surface area contributed by atoms with Gasteiger partial charge in [0.15, 0.2) is 0 Å². The summed E-state index contributed by atoms with van der Waals surface area (Å²) in [5, 5.41) is 11.3. The van der Waals surface area contributed by atoms with Crippen molar-refractivity contribution >= 4 is 11.9 Å². The Hall–Kier alpha value is -1.36. The number of carbonyl (C=O) groups excluding carboxylic acids is 1. The van der Waals surface area contributed by atoms with E-state index in [1.165, 1.54) is 6.08 Å². The maximum atomic E-state index is 11.3. The molecule has 0 aliphatic heterocycles. The van der Waals surface area contributed by atoms with Crippen molar-refractivity contribution in [3.8, 4) is 0 Å². The lowest BCUT2D eigenvalue weighted by Crippen LogP contribution is -2.37. The Bertz CT molecular complexity index is 274. The van der Waals surface area contributed by atoms with E-state index in [1.54, 1.807) is 6.92 Å². The van der Waals surface area contributed by atoms with Crippen LogP contribution in [-0.2, 0) is 9.59 Å². The summed E-state index contributed by atoms with van der Waals surface area (Å²) in [6.07, 6.45) is 1.17. The smallest absolute Gasteiger partial charge is 0.328 e. The van der Waals surface area contributed by atoms with E-state index in [9.17, 15) is 9.59 Å². The zero-order chi connectivity index (χ0) is 12.6. The van der Waals surface area contributed by atoms with Gasteiger partial charge in [-0.1, -0.05) is 12.5 Å². The topological polar surface area (TPSA) is 69.6 Å². The third kappa shape index (κ3) is 7.00. The Morgan fingerprint density at radius 3 is 2.38 bits per heavy atom. The first-order chi connectivity index (χ1) is 7.49. The molecule has 5 heteroatoms. The summed E-state index contributed by atoms with van der Waals surface area (Å²) in [6.45, 7) is 7.67. The highest BCUT2D eigenvalue weighted by molar-refractivity contribution is 5.80. The lowest BCUT2D eigenvalue weighted by Gasteiger charge is -2.19. The van der Waals surface area contributed by atoms with Gasteiger partial charge in [-0.05, 0) is 20.4 Å². The number of nitrogens with zero attached hydrogens (tertiary/aromatic N) is 1. The average Bonchev–Trinajstić information content (AvgIpc) is 2.15. The lowest BCUT2D eigenvalue weighted by atomic mass is 10.2. The van der Waals surface area contributed by atoms with Gasteiger partial charge in [0.1, 0.15) is 0 Å². The highest BCUT2D eigenvalue weighted by atomic mass is 16.4. The summed E-state index contributed by atoms with van der Waals surface area (Å²) in [5.74, 6) is -0.987. The van der Waals surface area contributed by atoms with Crippen LogP contribution >= 0.6 is 0 Å². The van der Waals surface area contributed by atoms with Crippen molar-refractivity contribution < 1.29 is 14.7 Å². The zero-order valence-corrected chi connectivity index (χ0v) is 10.1. The number of aliphatic carboxylic acids is 1. The van der Waals surface area contributed by atoms with Gasteiger partial charge in [-0.2, -0.15) is 0 Å². The second-order valence-corrected chi connectivity index (χ2v) is 3.59. The monoisotopic (exact) mass is 228 g/mol. The number of carboxylic acid groups (broad SMARTS) is 1. The SMILES string of the molecule is CCNC(=O)CN(CC)CC(C)=CC(=O)O. The van der Waals surface area contributed by atoms with E-state index in [0.29, 0.717) is 26.2 Å². The first-order valence-corrected chi connectivity index (χ1v) is 5.38. The van der Waals surface area contributed by atoms with Crippen LogP contribution in [0.3, 0.4) is 0 Å². The standard InChI is InChI=1S/C11H20N2O3/c1-4-12-10(14)8-13(5-2)7-9(3)6-11(15)16/h6H,4-5,7-8H2,1-3H3,(H,12,14)(H,15,16). The number of hydrogen-bond donors (Lipinski definition) is 2. The molecule has 16 heavy (non-hydrogen) atoms. The Labute approximate surface area is 96.1 Å². The minimum atomic E-state index is -0.952. The van der Waals surface area contributed by atoms with Gasteiger partial charge in [0, 0.05) is 19.2 Å². The first kappa shape index (κ1) is 14.6. The number of amides is 1. The van der Waals surface area contributed by atoms with Crippen molar-refractivity contribution in [2.75, 3.05) is 26.2 Å². The number of carboxylic acids is 1. The van der Waals surface area contributed by atoms with Gasteiger partial charge in [0.2, 0.25) is 5.91 Å². The van der Waals surface area contributed by atoms with Crippen LogP contribution in [0, 0.1) is 0 Å². The zero-order valence-electron chi connectivity index (χ0n) is 10.1. The fraction of sp³-hybridized carbons (Fsp3) is 0.636. The maximum absolute atomic E-state index is 11.3. The quantitative estimate of drug-likeness (QED) is 0.622. The molecule has 0 saturated carbocycles. The average molecular weight is 228 g/mol. The minimum Gasteiger partial charge on any atom is -0.478 e. The van der Waals surface area contributed by atoms with Crippen molar-refractivity contribution in [2.45, 2.75) is 20.8 Å². The van der Waals surface area contributed by atoms with Crippen molar-refractivity contribution in [1.29, 1.82) is 0 Å². The van der Waals surface area contributed by atoms with Crippen molar-refractivity contribution in [3.05, 3.63) is 11.6 Å². The molecule has 0 aromatic heterocycles. The summed E-state index contributed by atoms with van der Waals surface area (Å²) < 4.78 is 0. The molecule has 0 saturated heterocycles. The number of rotatable bonds is 7. The van der Waals surface area contributed by atoms with E-state index in [-0.39, 0.29) is 5.91 Å². The minimum absolute atomic E-state index is 0.0347. The van der Waals surface area contributed by atoms with Gasteiger partial charge in [-0.15, -0.1) is 0 Å². The van der Waals surface area contributed by atoms with E-state index in [2.05, 4.69) is 5.32 Å². The van der Waals surface area contributed by atoms with E-state index < -0.39 is 5.97 Å². The molecule has 92 valence electrons. The highest BCUT2D eigenvalue weighted by Crippen LogP contribution is 1.98. The molecule has 0 aromatic rings. The van der Waals surface area contributed by atoms with Gasteiger partial charge in [0.25, 0.3) is 0 Å². The number of nitrogens with one attached hydrogen (secondary N) is 1. The molecule has 0 radical (unpaired) electrons. The van der Waals surface area contributed by atoms with Crippen LogP contribution in [0.1, 0.15) is 20.8 Å². The molecule has 0 atom stereocenters. The normalized spacial score (nSPS) is 11.6. The van der Waals surface area contributed by atoms with E-state index in [1.807, 2.05) is 18.7 Å². The Kier molecular flexibility index (Phi) is 7.20. The van der Waals surface area contributed by atoms with E-state index in [4.69, 9.17) is 5.11 Å². The molecule has 0 rings (SSSR count). The first-order valence-electron chi connectivity index (χ1n) is 5.38. The van der Waals surface area contributed by atoms with Gasteiger partial charge >= 0.3 is 5.97 Å². The Morgan fingerprint density at radius 2 is 1.94 bits per heavy atom. The maximum Gasteiger partial charge on any atom is 0.328 e. The summed E-state index contributed by atoms with van der Waals surface area (Å²) in [7, 11) is 0. The number of likely N-dealkylation sites (N-methyl/N-ethyl adjacent to an activating group) is 2. The second-order valence-electron chi connectivity index (χ2n) is 3.59. The Morgan fingerprint density at radius 1 is 1.31 bits per heavy atom. The molecule has 0 unspecified atom stereocenters. The predicted octanol–water partition coefficient (Wildman–Crippen LogP) is 0.475. The van der Waals surface area contributed by atoms with Crippen LogP contribution in [0.15, 0.2) is 11.6 Å². The predicted molar refractivity (Wildman–Crippen MR) is 62.2 cm³/mol. The van der Waals surface area contributed by atoms with Gasteiger partial charge in [-0.3, -0.25) is 9.69 Å². The summed E-state index contributed by atoms with van der Waals surface area (Å²) in [5.41, 5.74) is 0.735. The van der Waals surface area contributed by atoms with E-state index in [0.717, 1.165) is 5.57 Å². The number of hydrogen-bond acceptors (Lipinski definition) is 3. The van der Waals surface area contributed by atoms with Gasteiger partial charge < -0.3 is 10.4 Å². The highest BCUT2D eigenvalue weighted by Gasteiger charge is 2.08. The van der Waals surface area contributed by atoms with Crippen LogP contribution in [0.4, 0.5) is 0 Å². The molecule has 1 amide bonds. The third-order valence-electron chi connectivity index (χ3n) is 2.03. The van der Waals surface area contributed by atoms with Crippen LogP contribution < -0.4 is 5.32 Å². The molecule has 0 aromatic carbocycles. The fourth-order valence-corrected chi connectivity index (χ4v) is 1.34. The van der Waals surface area contributed by atoms with Gasteiger partial charge in [-0.25, -0.2) is 4.79 Å². The second kappa shape index (κ2) is 7.87. The molecule has 0 fully saturated rings. The van der Waals surface area contributed by atoms with E-state index >= 15 is 0 Å². The van der Waals surface area contributed by atoms with Crippen LogP contribution in [0.25, 0.3) is 0 Å². The van der Waals surface area contributed by atoms with Crippen molar-refractivity contribution in [2.24, 2.45) is 0 Å². The molecule has 2 N–H and O–H groups in total. The fourth-order valence-electron chi connectivity index (χ4n) is 1.34. The summed E-state index contributed by atoms with van der Waals surface area (Å²) in [4.78, 5) is 23.6. The molecule has 0 aliphatic rings. The Balaban J connectivity index is 4.19.